The Hall–Kier alpha value is -2.66. The number of aromatic nitrogens is 1. The van der Waals surface area contributed by atoms with Gasteiger partial charge >= 0.3 is 0 Å². The second-order valence-corrected chi connectivity index (χ2v) is 9.03. The maximum atomic E-state index is 15.1. The van der Waals surface area contributed by atoms with Gasteiger partial charge in [-0.15, -0.1) is 15.9 Å². The minimum absolute atomic E-state index is 0.139. The number of ketones is 1. The quantitative estimate of drug-likeness (QED) is 0.457. The Bertz CT molecular complexity index is 1210. The zero-order valence-electron chi connectivity index (χ0n) is 18.1. The number of hydrogen-bond donors (Lipinski definition) is 0. The fourth-order valence-corrected chi connectivity index (χ4v) is 5.34. The van der Waals surface area contributed by atoms with Crippen LogP contribution in [0.15, 0.2) is 30.3 Å². The second-order valence-electron chi connectivity index (χ2n) is 7.89. The van der Waals surface area contributed by atoms with Crippen LogP contribution in [0.4, 0.5) is 15.8 Å². The lowest BCUT2D eigenvalue weighted by Gasteiger charge is -2.05. The Labute approximate surface area is 180 Å². The van der Waals surface area contributed by atoms with Crippen LogP contribution in [0, 0.1) is 26.6 Å². The number of aryl methyl sites for hydroxylation is 5. The zero-order chi connectivity index (χ0) is 21.6. The highest BCUT2D eigenvalue weighted by Gasteiger charge is 2.44. The average Bonchev–Trinajstić information content (AvgIpc) is 3.22. The molecule has 30 heavy (non-hydrogen) atoms. The van der Waals surface area contributed by atoms with Crippen molar-refractivity contribution in [1.29, 1.82) is 0 Å². The molecule has 3 heterocycles. The van der Waals surface area contributed by atoms with Gasteiger partial charge in [0.1, 0.15) is 4.88 Å². The van der Waals surface area contributed by atoms with Crippen molar-refractivity contribution >= 4 is 34.2 Å². The molecule has 2 aromatic heterocycles. The highest BCUT2D eigenvalue weighted by Crippen LogP contribution is 2.37. The Morgan fingerprint density at radius 3 is 2.50 bits per heavy atom. The highest BCUT2D eigenvalue weighted by molar-refractivity contribution is 7.15. The molecule has 1 aromatic carbocycles. The summed E-state index contributed by atoms with van der Waals surface area (Å²) in [5.41, 5.74) is 5.85. The van der Waals surface area contributed by atoms with Gasteiger partial charge in [-0.2, -0.15) is 4.39 Å². The molecule has 0 saturated heterocycles. The lowest BCUT2D eigenvalue weighted by Crippen LogP contribution is -2.19. The summed E-state index contributed by atoms with van der Waals surface area (Å²) in [5, 5.41) is 0. The first-order valence-corrected chi connectivity index (χ1v) is 11.2. The number of fused-ring (bicyclic) bond motifs is 1. The van der Waals surface area contributed by atoms with Crippen LogP contribution in [0.5, 0.6) is 0 Å². The number of nitrogens with zero attached hydrogens (tertiary/aromatic N) is 2. The van der Waals surface area contributed by atoms with Gasteiger partial charge < -0.3 is 0 Å². The number of carbonyl (C=O) groups is 1. The Morgan fingerprint density at radius 2 is 1.83 bits per heavy atom. The van der Waals surface area contributed by atoms with Crippen molar-refractivity contribution in [2.45, 2.75) is 53.9 Å². The van der Waals surface area contributed by atoms with E-state index < -0.39 is 0 Å². The average molecular weight is 422 g/mol. The summed E-state index contributed by atoms with van der Waals surface area (Å²) in [6, 6.07) is 9.19. The van der Waals surface area contributed by atoms with Gasteiger partial charge in [-0.3, -0.25) is 4.79 Å². The maximum Gasteiger partial charge on any atom is 0.283 e. The molecule has 4 rings (SSSR count). The van der Waals surface area contributed by atoms with Crippen LogP contribution in [0.3, 0.4) is 0 Å². The van der Waals surface area contributed by atoms with Crippen molar-refractivity contribution in [3.05, 3.63) is 74.0 Å². The van der Waals surface area contributed by atoms with Crippen molar-refractivity contribution in [2.75, 3.05) is 0 Å². The van der Waals surface area contributed by atoms with Crippen molar-refractivity contribution < 1.29 is 9.18 Å². The number of halogens is 1. The summed E-state index contributed by atoms with van der Waals surface area (Å²) in [7, 11) is 0. The standard InChI is InChI=1S/C25H26FN2OS/c1-6-8-21-17(7-2)13-22(30-21)24-25(29)23-20(12-15(4)16(5)27-23)28(24)19-10-9-14(3)11-18(19)26/h9-13H,6-8H2,1-5H3/q+1. The summed E-state index contributed by atoms with van der Waals surface area (Å²) >= 11 is 1.65. The molecule has 0 fully saturated rings. The number of pyridine rings is 1. The van der Waals surface area contributed by atoms with Gasteiger partial charge in [-0.25, -0.2) is 4.98 Å². The molecule has 0 spiro atoms. The predicted molar refractivity (Wildman–Crippen MR) is 122 cm³/mol. The molecule has 1 aliphatic heterocycles. The number of Topliss-reactive ketones (excluding diaryl/α,β-unsaturated/α-hetero) is 1. The molecular weight excluding hydrogens is 395 g/mol. The second kappa shape index (κ2) is 7.88. The first-order valence-electron chi connectivity index (χ1n) is 10.4. The van der Waals surface area contributed by atoms with E-state index in [0.717, 1.165) is 41.0 Å². The van der Waals surface area contributed by atoms with Gasteiger partial charge in [-0.05, 0) is 62.4 Å². The SMILES string of the molecule is CCCc1sc(C2=[N+](c3ccc(C)cc3F)c3cc(C)c(C)nc3C2=O)cc1CC. The van der Waals surface area contributed by atoms with Gasteiger partial charge in [0.15, 0.2) is 11.5 Å². The van der Waals surface area contributed by atoms with E-state index >= 15 is 4.39 Å². The van der Waals surface area contributed by atoms with Crippen molar-refractivity contribution in [3.63, 3.8) is 0 Å². The topological polar surface area (TPSA) is 33.0 Å². The Balaban J connectivity index is 2.03. The molecule has 3 nitrogen and oxygen atoms in total. The first-order chi connectivity index (χ1) is 14.3. The van der Waals surface area contributed by atoms with Crippen LogP contribution >= 0.6 is 11.3 Å². The van der Waals surface area contributed by atoms with E-state index in [0.29, 0.717) is 22.8 Å². The van der Waals surface area contributed by atoms with Crippen LogP contribution in [0.2, 0.25) is 0 Å². The van der Waals surface area contributed by atoms with Crippen molar-refractivity contribution in [2.24, 2.45) is 0 Å². The summed E-state index contributed by atoms with van der Waals surface area (Å²) in [5.74, 6) is -0.479. The number of rotatable bonds is 5. The zero-order valence-corrected chi connectivity index (χ0v) is 18.9. The van der Waals surface area contributed by atoms with Crippen LogP contribution < -0.4 is 4.58 Å². The lowest BCUT2D eigenvalue weighted by molar-refractivity contribution is 0.106. The maximum absolute atomic E-state index is 15.1. The van der Waals surface area contributed by atoms with Crippen molar-refractivity contribution in [3.8, 4) is 0 Å². The molecule has 1 aliphatic rings. The fourth-order valence-electron chi connectivity index (χ4n) is 3.95. The highest BCUT2D eigenvalue weighted by atomic mass is 32.1. The molecule has 3 aromatic rings. The molecule has 0 amide bonds. The molecule has 0 radical (unpaired) electrons. The van der Waals surface area contributed by atoms with E-state index in [1.54, 1.807) is 22.0 Å². The number of thiophene rings is 1. The normalized spacial score (nSPS) is 13.3. The van der Waals surface area contributed by atoms with Crippen molar-refractivity contribution in [1.82, 2.24) is 9.56 Å². The van der Waals surface area contributed by atoms with Gasteiger partial charge in [0.25, 0.3) is 11.5 Å². The van der Waals surface area contributed by atoms with E-state index in [4.69, 9.17) is 0 Å². The summed E-state index contributed by atoms with van der Waals surface area (Å²) in [6.45, 7) is 10.0. The van der Waals surface area contributed by atoms with E-state index in [1.807, 2.05) is 32.9 Å². The van der Waals surface area contributed by atoms with Crippen LogP contribution in [-0.4, -0.2) is 16.5 Å². The van der Waals surface area contributed by atoms with Crippen LogP contribution in [0.25, 0.3) is 0 Å². The van der Waals surface area contributed by atoms with Gasteiger partial charge in [0.2, 0.25) is 11.4 Å². The van der Waals surface area contributed by atoms with Crippen LogP contribution in [0.1, 0.15) is 62.9 Å². The van der Waals surface area contributed by atoms with E-state index in [2.05, 4.69) is 24.9 Å². The van der Waals surface area contributed by atoms with Gasteiger partial charge in [-0.1, -0.05) is 26.3 Å². The smallest absolute Gasteiger partial charge is 0.280 e. The molecular formula is C25H26FN2OS+. The van der Waals surface area contributed by atoms with Gasteiger partial charge in [0.05, 0.1) is 0 Å². The van der Waals surface area contributed by atoms with Crippen LogP contribution in [-0.2, 0) is 12.8 Å². The number of hydrogen-bond acceptors (Lipinski definition) is 3. The third-order valence-electron chi connectivity index (χ3n) is 5.67. The molecule has 0 saturated carbocycles. The third-order valence-corrected chi connectivity index (χ3v) is 6.92. The van der Waals surface area contributed by atoms with E-state index in [-0.39, 0.29) is 11.6 Å². The number of carbonyl (C=O) groups excluding carboxylic acids is 1. The summed E-state index contributed by atoms with van der Waals surface area (Å²) < 4.78 is 16.9. The summed E-state index contributed by atoms with van der Waals surface area (Å²) in [6.07, 6.45) is 2.94. The monoisotopic (exact) mass is 421 g/mol. The molecule has 154 valence electrons. The molecule has 0 atom stereocenters. The number of benzene rings is 1. The van der Waals surface area contributed by atoms with E-state index in [9.17, 15) is 4.79 Å². The molecule has 0 unspecified atom stereocenters. The molecule has 0 bridgehead atoms. The Morgan fingerprint density at radius 1 is 1.07 bits per heavy atom. The van der Waals surface area contributed by atoms with E-state index in [1.165, 1.54) is 16.5 Å². The summed E-state index contributed by atoms with van der Waals surface area (Å²) in [4.78, 5) is 20.3. The lowest BCUT2D eigenvalue weighted by atomic mass is 10.1. The molecule has 0 N–H and O–H groups in total. The molecule has 5 heteroatoms. The third kappa shape index (κ3) is 3.31. The fraction of sp³-hybridized carbons (Fsp3) is 0.320. The Kier molecular flexibility index (Phi) is 5.41. The first kappa shape index (κ1) is 20.6. The predicted octanol–water partition coefficient (Wildman–Crippen LogP) is 6.24. The largest absolute Gasteiger partial charge is 0.283 e. The van der Waals surface area contributed by atoms with Gasteiger partial charge in [0, 0.05) is 22.7 Å². The minimum Gasteiger partial charge on any atom is -0.280 e. The minimum atomic E-state index is -0.340. The molecule has 0 aliphatic carbocycles.